The summed E-state index contributed by atoms with van der Waals surface area (Å²) >= 11 is 6.72. The van der Waals surface area contributed by atoms with Crippen molar-refractivity contribution in [2.75, 3.05) is 27.2 Å². The predicted molar refractivity (Wildman–Crippen MR) is 137 cm³/mol. The summed E-state index contributed by atoms with van der Waals surface area (Å²) in [6, 6.07) is 7.29. The van der Waals surface area contributed by atoms with E-state index in [1.54, 1.807) is 33.8 Å². The van der Waals surface area contributed by atoms with E-state index in [9.17, 15) is 30.5 Å². The standard InChI is InChI=1S/C18H21Br2N3O4.2C3H7O.Ti/c1-21(10-12-3-4-14(23(26)27)9-17(12)24)5-6-22(2)11-15-16(20)7-13(19)8-18(15)25;2*1-3(2)4;/h3-4,7-9,24-25H,5-6,10-11H2,1-2H3;2*3H,1-2H3;/q;2*-1;+4/p-2. The van der Waals surface area contributed by atoms with E-state index in [2.05, 4.69) is 31.9 Å². The van der Waals surface area contributed by atoms with Crippen molar-refractivity contribution in [1.82, 2.24) is 9.80 Å². The topological polar surface area (TPSA) is 142 Å². The van der Waals surface area contributed by atoms with Crippen molar-refractivity contribution >= 4 is 37.5 Å². The maximum Gasteiger partial charge on any atom is 4.00 e. The molecule has 0 saturated heterocycles. The van der Waals surface area contributed by atoms with Crippen LogP contribution < -0.4 is 20.4 Å². The van der Waals surface area contributed by atoms with E-state index in [1.807, 2.05) is 30.0 Å². The molecule has 0 fully saturated rings. The van der Waals surface area contributed by atoms with Crippen molar-refractivity contribution in [3.8, 4) is 11.5 Å². The molecule has 0 spiro atoms. The first-order valence-electron chi connectivity index (χ1n) is 10.9. The molecule has 0 aliphatic rings. The third-order valence-electron chi connectivity index (χ3n) is 4.11. The number of hydrogen-bond acceptors (Lipinski definition) is 8. The molecule has 0 atom stereocenters. The average Bonchev–Trinajstić information content (AvgIpc) is 2.69. The Kier molecular flexibility index (Phi) is 19.7. The molecule has 0 bridgehead atoms. The zero-order valence-electron chi connectivity index (χ0n) is 21.4. The second-order valence-electron chi connectivity index (χ2n) is 8.49. The first-order chi connectivity index (χ1) is 16.1. The van der Waals surface area contributed by atoms with Gasteiger partial charge in [-0.05, 0) is 31.3 Å². The molecule has 0 heterocycles. The van der Waals surface area contributed by atoms with Crippen LogP contribution in [0.25, 0.3) is 0 Å². The largest absolute Gasteiger partial charge is 4.00 e. The fraction of sp³-hybridized carbons (Fsp3) is 0.500. The van der Waals surface area contributed by atoms with Gasteiger partial charge in [-0.1, -0.05) is 77.4 Å². The number of hydrogen-bond donors (Lipinski definition) is 0. The Morgan fingerprint density at radius 2 is 1.33 bits per heavy atom. The van der Waals surface area contributed by atoms with Crippen LogP contribution in [-0.2, 0) is 34.8 Å². The minimum atomic E-state index is -0.575. The fourth-order valence-electron chi connectivity index (χ4n) is 2.58. The molecule has 0 aliphatic heterocycles. The summed E-state index contributed by atoms with van der Waals surface area (Å²) in [5.74, 6) is -0.363. The number of non-ortho nitro benzene ring substituents is 1. The van der Waals surface area contributed by atoms with Crippen LogP contribution in [0.4, 0.5) is 5.69 Å². The Hall–Kier alpha value is -1.05. The molecule has 0 saturated carbocycles. The minimum Gasteiger partial charge on any atom is -0.872 e. The van der Waals surface area contributed by atoms with E-state index >= 15 is 0 Å². The van der Waals surface area contributed by atoms with Gasteiger partial charge >= 0.3 is 21.7 Å². The molecule has 198 valence electrons. The number of halogens is 2. The normalized spacial score (nSPS) is 10.5. The molecular formula is C24H33Br2N3O6Ti. The van der Waals surface area contributed by atoms with Crippen molar-refractivity contribution in [3.05, 3.63) is 60.5 Å². The Bertz CT molecular complexity index is 900. The van der Waals surface area contributed by atoms with Crippen molar-refractivity contribution in [3.63, 3.8) is 0 Å². The van der Waals surface area contributed by atoms with Gasteiger partial charge in [0.25, 0.3) is 5.69 Å². The van der Waals surface area contributed by atoms with Crippen LogP contribution in [0.3, 0.4) is 0 Å². The molecule has 12 heteroatoms. The van der Waals surface area contributed by atoms with Crippen LogP contribution in [0.15, 0.2) is 39.3 Å². The summed E-state index contributed by atoms with van der Waals surface area (Å²) in [5, 5.41) is 53.8. The zero-order chi connectivity index (χ0) is 27.3. The van der Waals surface area contributed by atoms with Gasteiger partial charge in [-0.3, -0.25) is 10.1 Å². The van der Waals surface area contributed by atoms with E-state index < -0.39 is 17.1 Å². The third kappa shape index (κ3) is 16.7. The molecule has 0 radical (unpaired) electrons. The number of nitro groups is 1. The molecule has 2 rings (SSSR count). The Morgan fingerprint density at radius 3 is 1.75 bits per heavy atom. The van der Waals surface area contributed by atoms with Gasteiger partial charge < -0.3 is 30.2 Å². The van der Waals surface area contributed by atoms with Gasteiger partial charge in [-0.15, -0.1) is 18.0 Å². The smallest absolute Gasteiger partial charge is 0.872 e. The SMILES string of the molecule is CC(C)[O-].CC(C)[O-].CN(CCN(C)Cc1c([O-])cc(Br)cc1Br)Cc1ccc([N+](=O)[O-])cc1[O-].[Ti+4]. The monoisotopic (exact) mass is 665 g/mol. The first-order valence-corrected chi connectivity index (χ1v) is 12.5. The van der Waals surface area contributed by atoms with Crippen LogP contribution >= 0.6 is 31.9 Å². The van der Waals surface area contributed by atoms with Gasteiger partial charge in [0, 0.05) is 47.3 Å². The number of nitro benzene ring substituents is 1. The van der Waals surface area contributed by atoms with E-state index in [0.29, 0.717) is 37.3 Å². The Labute approximate surface area is 245 Å². The van der Waals surface area contributed by atoms with E-state index in [0.717, 1.165) is 15.0 Å². The molecule has 0 amide bonds. The maximum absolute atomic E-state index is 12.1. The van der Waals surface area contributed by atoms with Crippen molar-refractivity contribution in [2.24, 2.45) is 0 Å². The number of nitrogens with zero attached hydrogens (tertiary/aromatic N) is 3. The molecule has 0 aromatic heterocycles. The molecule has 2 aromatic rings. The van der Waals surface area contributed by atoms with Gasteiger partial charge in [0.1, 0.15) is 0 Å². The number of benzene rings is 2. The second-order valence-corrected chi connectivity index (χ2v) is 10.3. The summed E-state index contributed by atoms with van der Waals surface area (Å²) in [5.41, 5.74) is 1.02. The van der Waals surface area contributed by atoms with Crippen LogP contribution in [0, 0.1) is 10.1 Å². The van der Waals surface area contributed by atoms with Crippen LogP contribution in [-0.4, -0.2) is 54.1 Å². The first kappa shape index (κ1) is 37.1. The van der Waals surface area contributed by atoms with Crippen LogP contribution in [0.2, 0.25) is 0 Å². The van der Waals surface area contributed by atoms with Gasteiger partial charge in [0.05, 0.1) is 4.92 Å². The molecule has 2 aromatic carbocycles. The summed E-state index contributed by atoms with van der Waals surface area (Å²) in [4.78, 5) is 14.1. The average molecular weight is 667 g/mol. The molecule has 0 unspecified atom stereocenters. The van der Waals surface area contributed by atoms with Gasteiger partial charge in [0.15, 0.2) is 0 Å². The van der Waals surface area contributed by atoms with Gasteiger partial charge in [-0.2, -0.15) is 0 Å². The Morgan fingerprint density at radius 1 is 0.861 bits per heavy atom. The fourth-order valence-corrected chi connectivity index (χ4v) is 3.89. The van der Waals surface area contributed by atoms with Gasteiger partial charge in [0.2, 0.25) is 0 Å². The molecule has 0 aliphatic carbocycles. The second kappa shape index (κ2) is 19.1. The van der Waals surface area contributed by atoms with Crippen molar-refractivity contribution in [1.29, 1.82) is 0 Å². The molecule has 0 N–H and O–H groups in total. The van der Waals surface area contributed by atoms with Gasteiger partial charge in [-0.25, -0.2) is 0 Å². The molecule has 36 heavy (non-hydrogen) atoms. The van der Waals surface area contributed by atoms with Crippen molar-refractivity contribution in [2.45, 2.75) is 53.0 Å². The zero-order valence-corrected chi connectivity index (χ0v) is 26.2. The summed E-state index contributed by atoms with van der Waals surface area (Å²) in [6.45, 7) is 8.72. The predicted octanol–water partition coefficient (Wildman–Crippen LogP) is 2.34. The molecule has 9 nitrogen and oxygen atoms in total. The summed E-state index contributed by atoms with van der Waals surface area (Å²) in [7, 11) is 3.80. The number of likely N-dealkylation sites (N-methyl/N-ethyl adjacent to an activating group) is 2. The summed E-state index contributed by atoms with van der Waals surface area (Å²) < 4.78 is 1.51. The summed E-state index contributed by atoms with van der Waals surface area (Å²) in [6.07, 6.45) is -0.833. The van der Waals surface area contributed by atoms with Crippen LogP contribution in [0.1, 0.15) is 38.8 Å². The van der Waals surface area contributed by atoms with E-state index in [-0.39, 0.29) is 38.9 Å². The van der Waals surface area contributed by atoms with E-state index in [4.69, 9.17) is 0 Å². The van der Waals surface area contributed by atoms with E-state index in [1.165, 1.54) is 12.1 Å². The van der Waals surface area contributed by atoms with Crippen LogP contribution in [0.5, 0.6) is 11.5 Å². The molecular weight excluding hydrogens is 634 g/mol. The van der Waals surface area contributed by atoms with Crippen molar-refractivity contribution < 1.29 is 47.1 Å². The third-order valence-corrected chi connectivity index (χ3v) is 5.28. The maximum atomic E-state index is 12.1. The Balaban J connectivity index is 0. The quantitative estimate of drug-likeness (QED) is 0.238. The number of rotatable bonds is 8. The minimum absolute atomic E-state index is 0.